The van der Waals surface area contributed by atoms with E-state index in [1.807, 2.05) is 5.32 Å². The van der Waals surface area contributed by atoms with E-state index in [1.54, 1.807) is 0 Å². The van der Waals surface area contributed by atoms with E-state index in [-0.39, 0.29) is 18.5 Å². The van der Waals surface area contributed by atoms with Crippen LogP contribution in [0.2, 0.25) is 0 Å². The zero-order valence-electron chi connectivity index (χ0n) is 9.57. The van der Waals surface area contributed by atoms with Crippen LogP contribution in [0.25, 0.3) is 0 Å². The Morgan fingerprint density at radius 2 is 1.95 bits per heavy atom. The van der Waals surface area contributed by atoms with Gasteiger partial charge in [0.15, 0.2) is 0 Å². The van der Waals surface area contributed by atoms with Crippen molar-refractivity contribution < 1.29 is 23.9 Å². The Hall–Kier alpha value is -1.96. The topological polar surface area (TPSA) is 95.5 Å². The summed E-state index contributed by atoms with van der Waals surface area (Å²) in [5.74, 6) is -2.56. The largest absolute Gasteiger partial charge is 0.481 e. The second-order valence-electron chi connectivity index (χ2n) is 3.52. The molecule has 1 rings (SSSR count). The molecular formula is C11H10BrFN2O4. The number of aliphatic carboxylic acids is 1. The summed E-state index contributed by atoms with van der Waals surface area (Å²) < 4.78 is 13.9. The van der Waals surface area contributed by atoms with Crippen LogP contribution in [0.3, 0.4) is 0 Å². The van der Waals surface area contributed by atoms with Crippen molar-refractivity contribution >= 4 is 39.5 Å². The van der Waals surface area contributed by atoms with Crippen LogP contribution in [-0.4, -0.2) is 23.0 Å². The second-order valence-corrected chi connectivity index (χ2v) is 4.44. The number of amides is 3. The monoisotopic (exact) mass is 332 g/mol. The summed E-state index contributed by atoms with van der Waals surface area (Å²) in [5.41, 5.74) is -0.0910. The number of imide groups is 1. The molecule has 0 radical (unpaired) electrons. The van der Waals surface area contributed by atoms with E-state index >= 15 is 0 Å². The molecule has 0 saturated heterocycles. The lowest BCUT2D eigenvalue weighted by molar-refractivity contribution is -0.138. The van der Waals surface area contributed by atoms with E-state index < -0.39 is 23.7 Å². The number of carboxylic acids is 1. The van der Waals surface area contributed by atoms with E-state index in [4.69, 9.17) is 5.11 Å². The highest BCUT2D eigenvalue weighted by Gasteiger charge is 2.11. The van der Waals surface area contributed by atoms with Crippen LogP contribution < -0.4 is 10.6 Å². The molecule has 0 saturated carbocycles. The molecule has 3 N–H and O–H groups in total. The number of halogens is 2. The lowest BCUT2D eigenvalue weighted by Gasteiger charge is -2.07. The SMILES string of the molecule is O=C(O)CCC(=O)NC(=O)Nc1ccc(Br)cc1F. The fourth-order valence-corrected chi connectivity index (χ4v) is 1.49. The van der Waals surface area contributed by atoms with Crippen LogP contribution in [0, 0.1) is 5.82 Å². The van der Waals surface area contributed by atoms with Gasteiger partial charge < -0.3 is 10.4 Å². The number of hydrogen-bond acceptors (Lipinski definition) is 3. The van der Waals surface area contributed by atoms with Gasteiger partial charge in [0.05, 0.1) is 12.1 Å². The molecule has 19 heavy (non-hydrogen) atoms. The third-order valence-corrected chi connectivity index (χ3v) is 2.49. The van der Waals surface area contributed by atoms with E-state index in [9.17, 15) is 18.8 Å². The molecule has 3 amide bonds. The maximum atomic E-state index is 13.4. The van der Waals surface area contributed by atoms with Gasteiger partial charge in [-0.15, -0.1) is 0 Å². The third kappa shape index (κ3) is 5.47. The first-order valence-corrected chi connectivity index (χ1v) is 5.95. The predicted octanol–water partition coefficient (Wildman–Crippen LogP) is 2.10. The van der Waals surface area contributed by atoms with Gasteiger partial charge in [0.1, 0.15) is 5.82 Å². The standard InChI is InChI=1S/C11H10BrFN2O4/c12-6-1-2-8(7(13)5-6)14-11(19)15-9(16)3-4-10(17)18/h1-2,5H,3-4H2,(H,17,18)(H2,14,15,16,19). The summed E-state index contributed by atoms with van der Waals surface area (Å²) in [4.78, 5) is 32.7. The maximum absolute atomic E-state index is 13.4. The zero-order chi connectivity index (χ0) is 14.4. The quantitative estimate of drug-likeness (QED) is 0.786. The van der Waals surface area contributed by atoms with Crippen LogP contribution in [0.5, 0.6) is 0 Å². The van der Waals surface area contributed by atoms with Crippen molar-refractivity contribution in [1.29, 1.82) is 0 Å². The van der Waals surface area contributed by atoms with Crippen LogP contribution >= 0.6 is 15.9 Å². The van der Waals surface area contributed by atoms with Crippen molar-refractivity contribution in [2.45, 2.75) is 12.8 Å². The smallest absolute Gasteiger partial charge is 0.325 e. The van der Waals surface area contributed by atoms with E-state index in [2.05, 4.69) is 21.2 Å². The van der Waals surface area contributed by atoms with Gasteiger partial charge in [-0.2, -0.15) is 0 Å². The summed E-state index contributed by atoms with van der Waals surface area (Å²) >= 11 is 3.06. The lowest BCUT2D eigenvalue weighted by atomic mass is 10.3. The first-order chi connectivity index (χ1) is 8.88. The normalized spacial score (nSPS) is 9.79. The fraction of sp³-hybridized carbons (Fsp3) is 0.182. The molecule has 0 aromatic heterocycles. The number of carbonyl (C=O) groups is 3. The summed E-state index contributed by atoms with van der Waals surface area (Å²) in [6, 6.07) is 3.07. The Labute approximate surface area is 116 Å². The van der Waals surface area contributed by atoms with E-state index in [0.29, 0.717) is 4.47 Å². The van der Waals surface area contributed by atoms with Crippen molar-refractivity contribution in [3.8, 4) is 0 Å². The highest BCUT2D eigenvalue weighted by molar-refractivity contribution is 9.10. The van der Waals surface area contributed by atoms with Crippen LogP contribution in [0.15, 0.2) is 22.7 Å². The Morgan fingerprint density at radius 3 is 2.53 bits per heavy atom. The summed E-state index contributed by atoms with van der Waals surface area (Å²) in [5, 5.41) is 12.4. The molecule has 0 aliphatic rings. The van der Waals surface area contributed by atoms with Crippen LogP contribution in [0.1, 0.15) is 12.8 Å². The molecule has 1 aromatic rings. The van der Waals surface area contributed by atoms with Gasteiger partial charge in [-0.05, 0) is 18.2 Å². The number of carboxylic acid groups (broad SMARTS) is 1. The number of carbonyl (C=O) groups excluding carboxylic acids is 2. The number of rotatable bonds is 4. The minimum atomic E-state index is -1.14. The summed E-state index contributed by atoms with van der Waals surface area (Å²) in [6.07, 6.45) is -0.711. The molecule has 0 atom stereocenters. The molecule has 0 spiro atoms. The van der Waals surface area contributed by atoms with Gasteiger partial charge in [0.2, 0.25) is 5.91 Å². The van der Waals surface area contributed by atoms with Gasteiger partial charge in [0, 0.05) is 10.9 Å². The Kier molecular flexibility index (Phi) is 5.43. The van der Waals surface area contributed by atoms with Crippen molar-refractivity contribution in [3.63, 3.8) is 0 Å². The van der Waals surface area contributed by atoms with E-state index in [1.165, 1.54) is 12.1 Å². The molecule has 0 unspecified atom stereocenters. The molecular weight excluding hydrogens is 323 g/mol. The molecule has 6 nitrogen and oxygen atoms in total. The van der Waals surface area contributed by atoms with Gasteiger partial charge in [-0.1, -0.05) is 15.9 Å². The Balaban J connectivity index is 2.51. The fourth-order valence-electron chi connectivity index (χ4n) is 1.15. The van der Waals surface area contributed by atoms with Crippen molar-refractivity contribution in [2.24, 2.45) is 0 Å². The first-order valence-electron chi connectivity index (χ1n) is 5.16. The lowest BCUT2D eigenvalue weighted by Crippen LogP contribution is -2.34. The number of urea groups is 1. The third-order valence-electron chi connectivity index (χ3n) is 2.00. The van der Waals surface area contributed by atoms with E-state index in [0.717, 1.165) is 6.07 Å². The predicted molar refractivity (Wildman–Crippen MR) is 68.1 cm³/mol. The van der Waals surface area contributed by atoms with Crippen molar-refractivity contribution in [2.75, 3.05) is 5.32 Å². The first kappa shape index (κ1) is 15.1. The Bertz CT molecular complexity index is 521. The molecule has 102 valence electrons. The highest BCUT2D eigenvalue weighted by atomic mass is 79.9. The minimum absolute atomic E-state index is 0.0910. The molecule has 0 bridgehead atoms. The van der Waals surface area contributed by atoms with Gasteiger partial charge in [0.25, 0.3) is 0 Å². The molecule has 0 aliphatic carbocycles. The molecule has 0 heterocycles. The summed E-state index contributed by atoms with van der Waals surface area (Å²) in [6.45, 7) is 0. The summed E-state index contributed by atoms with van der Waals surface area (Å²) in [7, 11) is 0. The molecule has 0 aliphatic heterocycles. The zero-order valence-corrected chi connectivity index (χ0v) is 11.2. The number of hydrogen-bond donors (Lipinski definition) is 3. The van der Waals surface area contributed by atoms with Crippen molar-refractivity contribution in [3.05, 3.63) is 28.5 Å². The van der Waals surface area contributed by atoms with Crippen molar-refractivity contribution in [1.82, 2.24) is 5.32 Å². The number of benzene rings is 1. The molecule has 1 aromatic carbocycles. The molecule has 0 fully saturated rings. The van der Waals surface area contributed by atoms with Crippen LogP contribution in [0.4, 0.5) is 14.9 Å². The van der Waals surface area contributed by atoms with Gasteiger partial charge in [-0.3, -0.25) is 14.9 Å². The highest BCUT2D eigenvalue weighted by Crippen LogP contribution is 2.19. The average Bonchev–Trinajstić information content (AvgIpc) is 2.30. The molecule has 8 heteroatoms. The van der Waals surface area contributed by atoms with Gasteiger partial charge >= 0.3 is 12.0 Å². The Morgan fingerprint density at radius 1 is 1.26 bits per heavy atom. The van der Waals surface area contributed by atoms with Gasteiger partial charge in [-0.25, -0.2) is 9.18 Å². The number of nitrogens with one attached hydrogen (secondary N) is 2. The second kappa shape index (κ2) is 6.83. The average molecular weight is 333 g/mol. The maximum Gasteiger partial charge on any atom is 0.325 e. The number of anilines is 1. The minimum Gasteiger partial charge on any atom is -0.481 e. The van der Waals surface area contributed by atoms with Crippen LogP contribution in [-0.2, 0) is 9.59 Å².